The van der Waals surface area contributed by atoms with Gasteiger partial charge in [-0.3, -0.25) is 10.1 Å². The first-order valence-corrected chi connectivity index (χ1v) is 10.9. The van der Waals surface area contributed by atoms with Gasteiger partial charge in [0.1, 0.15) is 5.75 Å². The third kappa shape index (κ3) is 5.47. The number of nitrogens with one attached hydrogen (secondary N) is 1. The molecule has 0 aliphatic rings. The van der Waals surface area contributed by atoms with Crippen molar-refractivity contribution in [3.8, 4) is 28.1 Å². The zero-order chi connectivity index (χ0) is 21.5. The minimum atomic E-state index is -0.214. The van der Waals surface area contributed by atoms with Gasteiger partial charge < -0.3 is 4.74 Å². The van der Waals surface area contributed by atoms with Crippen molar-refractivity contribution in [3.63, 3.8) is 0 Å². The fraction of sp³-hybridized carbons (Fsp3) is 0.0769. The number of hydrogen-bond acceptors (Lipinski definition) is 4. The summed E-state index contributed by atoms with van der Waals surface area (Å²) in [5.74, 6) is 0.602. The number of hydrogen-bond donors (Lipinski definition) is 1. The van der Waals surface area contributed by atoms with E-state index in [2.05, 4.69) is 46.7 Å². The molecule has 4 nitrogen and oxygen atoms in total. The maximum absolute atomic E-state index is 12.2. The number of carbonyl (C=O) groups excluding carboxylic acids is 1. The molecule has 4 aromatic rings. The molecule has 31 heavy (non-hydrogen) atoms. The molecule has 0 saturated carbocycles. The smallest absolute Gasteiger partial charge is 0.250 e. The predicted molar refractivity (Wildman–Crippen MR) is 128 cm³/mol. The van der Waals surface area contributed by atoms with Crippen LogP contribution in [0, 0.1) is 0 Å². The lowest BCUT2D eigenvalue weighted by molar-refractivity contribution is -0.111. The van der Waals surface area contributed by atoms with Gasteiger partial charge in [-0.05, 0) is 41.8 Å². The van der Waals surface area contributed by atoms with Crippen molar-refractivity contribution in [2.75, 3.05) is 11.9 Å². The molecule has 0 radical (unpaired) electrons. The molecule has 1 amide bonds. The van der Waals surface area contributed by atoms with Crippen LogP contribution in [0.1, 0.15) is 12.5 Å². The molecular weight excluding hydrogens is 404 g/mol. The van der Waals surface area contributed by atoms with Crippen LogP contribution in [0.5, 0.6) is 5.75 Å². The van der Waals surface area contributed by atoms with Gasteiger partial charge in [0, 0.05) is 17.0 Å². The van der Waals surface area contributed by atoms with Crippen LogP contribution in [0.25, 0.3) is 28.5 Å². The second kappa shape index (κ2) is 9.87. The van der Waals surface area contributed by atoms with Gasteiger partial charge in [-0.2, -0.15) is 0 Å². The van der Waals surface area contributed by atoms with E-state index in [-0.39, 0.29) is 5.91 Å². The summed E-state index contributed by atoms with van der Waals surface area (Å²) < 4.78 is 5.42. The van der Waals surface area contributed by atoms with Gasteiger partial charge >= 0.3 is 0 Å². The zero-order valence-corrected chi connectivity index (χ0v) is 17.9. The Morgan fingerprint density at radius 2 is 1.61 bits per heavy atom. The number of ether oxygens (including phenoxy) is 1. The van der Waals surface area contributed by atoms with Crippen LogP contribution < -0.4 is 10.1 Å². The van der Waals surface area contributed by atoms with E-state index in [4.69, 9.17) is 4.74 Å². The highest BCUT2D eigenvalue weighted by Crippen LogP contribution is 2.27. The second-order valence-corrected chi connectivity index (χ2v) is 7.66. The highest BCUT2D eigenvalue weighted by atomic mass is 32.1. The molecule has 0 spiro atoms. The van der Waals surface area contributed by atoms with E-state index < -0.39 is 0 Å². The Bertz CT molecular complexity index is 1160. The number of amides is 1. The molecule has 1 heterocycles. The summed E-state index contributed by atoms with van der Waals surface area (Å²) in [6, 6.07) is 26.1. The molecule has 154 valence electrons. The topological polar surface area (TPSA) is 51.2 Å². The lowest BCUT2D eigenvalue weighted by Gasteiger charge is -2.03. The van der Waals surface area contributed by atoms with E-state index in [1.807, 2.05) is 54.8 Å². The van der Waals surface area contributed by atoms with Gasteiger partial charge in [0.25, 0.3) is 0 Å². The minimum Gasteiger partial charge on any atom is -0.494 e. The summed E-state index contributed by atoms with van der Waals surface area (Å²) >= 11 is 1.41. The Hall–Kier alpha value is -3.70. The standard InChI is InChI=1S/C26H22N2O2S/c1-2-30-23-15-8-19(9-16-23)10-17-25(29)28-26-27-24(18-31-26)22-13-11-21(12-14-22)20-6-4-3-5-7-20/h3-18H,2H2,1H3,(H,27,28,29). The predicted octanol–water partition coefficient (Wildman–Crippen LogP) is 6.53. The first-order valence-electron chi connectivity index (χ1n) is 10.0. The molecule has 1 aromatic heterocycles. The molecule has 0 unspecified atom stereocenters. The van der Waals surface area contributed by atoms with Gasteiger partial charge in [0.2, 0.25) is 5.91 Å². The van der Waals surface area contributed by atoms with Crippen molar-refractivity contribution in [2.45, 2.75) is 6.92 Å². The highest BCUT2D eigenvalue weighted by molar-refractivity contribution is 7.14. The SMILES string of the molecule is CCOc1ccc(C=CC(=O)Nc2nc(-c3ccc(-c4ccccc4)cc3)cs2)cc1. The molecule has 0 aliphatic heterocycles. The Morgan fingerprint density at radius 3 is 2.32 bits per heavy atom. The van der Waals surface area contributed by atoms with Crippen LogP contribution in [0.2, 0.25) is 0 Å². The fourth-order valence-electron chi connectivity index (χ4n) is 3.09. The number of anilines is 1. The number of aromatic nitrogens is 1. The lowest BCUT2D eigenvalue weighted by atomic mass is 10.0. The first-order chi connectivity index (χ1) is 15.2. The molecule has 0 fully saturated rings. The van der Waals surface area contributed by atoms with E-state index in [1.54, 1.807) is 6.08 Å². The van der Waals surface area contributed by atoms with E-state index in [0.29, 0.717) is 11.7 Å². The quantitative estimate of drug-likeness (QED) is 0.342. The third-order valence-electron chi connectivity index (χ3n) is 4.64. The minimum absolute atomic E-state index is 0.214. The molecule has 0 aliphatic carbocycles. The first kappa shape index (κ1) is 20.6. The lowest BCUT2D eigenvalue weighted by Crippen LogP contribution is -2.07. The number of carbonyl (C=O) groups is 1. The summed E-state index contributed by atoms with van der Waals surface area (Å²) in [7, 11) is 0. The van der Waals surface area contributed by atoms with Crippen molar-refractivity contribution < 1.29 is 9.53 Å². The van der Waals surface area contributed by atoms with Gasteiger partial charge in [-0.15, -0.1) is 11.3 Å². The second-order valence-electron chi connectivity index (χ2n) is 6.81. The van der Waals surface area contributed by atoms with Crippen LogP contribution >= 0.6 is 11.3 Å². The largest absolute Gasteiger partial charge is 0.494 e. The molecule has 0 atom stereocenters. The maximum Gasteiger partial charge on any atom is 0.250 e. The Kier molecular flexibility index (Phi) is 6.55. The van der Waals surface area contributed by atoms with Crippen LogP contribution in [0.3, 0.4) is 0 Å². The Labute approximate surface area is 185 Å². The number of thiazole rings is 1. The molecule has 5 heteroatoms. The zero-order valence-electron chi connectivity index (χ0n) is 17.1. The summed E-state index contributed by atoms with van der Waals surface area (Å²) in [6.07, 6.45) is 3.27. The molecule has 4 rings (SSSR count). The molecule has 0 saturated heterocycles. The highest BCUT2D eigenvalue weighted by Gasteiger charge is 2.07. The van der Waals surface area contributed by atoms with E-state index in [0.717, 1.165) is 28.1 Å². The monoisotopic (exact) mass is 426 g/mol. The van der Waals surface area contributed by atoms with Crippen LogP contribution in [-0.4, -0.2) is 17.5 Å². The summed E-state index contributed by atoms with van der Waals surface area (Å²) in [6.45, 7) is 2.58. The van der Waals surface area contributed by atoms with E-state index >= 15 is 0 Å². The van der Waals surface area contributed by atoms with Crippen LogP contribution in [0.4, 0.5) is 5.13 Å². The number of rotatable bonds is 7. The number of nitrogens with zero attached hydrogens (tertiary/aromatic N) is 1. The fourth-order valence-corrected chi connectivity index (χ4v) is 3.81. The van der Waals surface area contributed by atoms with Crippen molar-refractivity contribution in [1.29, 1.82) is 0 Å². The van der Waals surface area contributed by atoms with Gasteiger partial charge in [0.15, 0.2) is 5.13 Å². The maximum atomic E-state index is 12.2. The Morgan fingerprint density at radius 1 is 0.935 bits per heavy atom. The van der Waals surface area contributed by atoms with Crippen molar-refractivity contribution in [3.05, 3.63) is 95.9 Å². The van der Waals surface area contributed by atoms with Gasteiger partial charge in [-0.1, -0.05) is 66.7 Å². The summed E-state index contributed by atoms with van der Waals surface area (Å²) in [5.41, 5.74) is 5.13. The van der Waals surface area contributed by atoms with Gasteiger partial charge in [0.05, 0.1) is 12.3 Å². The third-order valence-corrected chi connectivity index (χ3v) is 5.40. The normalized spacial score (nSPS) is 10.9. The van der Waals surface area contributed by atoms with Crippen molar-refractivity contribution >= 4 is 28.5 Å². The summed E-state index contributed by atoms with van der Waals surface area (Å²) in [4.78, 5) is 16.8. The summed E-state index contributed by atoms with van der Waals surface area (Å²) in [5, 5.41) is 5.35. The van der Waals surface area contributed by atoms with E-state index in [1.165, 1.54) is 23.0 Å². The van der Waals surface area contributed by atoms with Crippen molar-refractivity contribution in [2.24, 2.45) is 0 Å². The van der Waals surface area contributed by atoms with Crippen LogP contribution in [0.15, 0.2) is 90.3 Å². The average Bonchev–Trinajstić information content (AvgIpc) is 3.28. The van der Waals surface area contributed by atoms with E-state index in [9.17, 15) is 4.79 Å². The van der Waals surface area contributed by atoms with Crippen molar-refractivity contribution in [1.82, 2.24) is 4.98 Å². The molecule has 0 bridgehead atoms. The molecule has 1 N–H and O–H groups in total. The number of benzene rings is 3. The Balaban J connectivity index is 1.37. The molecular formula is C26H22N2O2S. The average molecular weight is 427 g/mol. The molecule has 3 aromatic carbocycles. The van der Waals surface area contributed by atoms with Crippen LogP contribution in [-0.2, 0) is 4.79 Å². The van der Waals surface area contributed by atoms with Gasteiger partial charge in [-0.25, -0.2) is 4.98 Å².